The number of likely N-dealkylation sites (tertiary alicyclic amines) is 2. The fraction of sp³-hybridized carbons (Fsp3) is 0.559. The summed E-state index contributed by atoms with van der Waals surface area (Å²) in [6, 6.07) is 2.58. The number of amides is 2. The van der Waals surface area contributed by atoms with Gasteiger partial charge in [0.15, 0.2) is 0 Å². The molecule has 1 saturated carbocycles. The highest BCUT2D eigenvalue weighted by atomic mass is 35.5. The van der Waals surface area contributed by atoms with Gasteiger partial charge in [-0.1, -0.05) is 23.8 Å². The molecule has 0 unspecified atom stereocenters. The number of nitrogens with one attached hydrogen (secondary N) is 1. The van der Waals surface area contributed by atoms with E-state index in [4.69, 9.17) is 21.1 Å². The van der Waals surface area contributed by atoms with Crippen molar-refractivity contribution >= 4 is 52.5 Å². The standard InChI is InChI=1S/C34H41ClFN3O6S/c1-44-25-10-11-38(17-25)22-14-23(18-45-24-8-6-20(7-9-24)34(42)43)39(16-22)32(40)13-21-12-28(35)30(15-29(21)36)37-33(41)27-19-46-31-5-3-2-4-26(27)31/h2,4,12,15,19-20,22-25H,3,5-11,13-14,16-18H2,1H3,(H,37,41)(H,42,43)/t20?,22-,23-,24?,25+/m0/s1. The largest absolute Gasteiger partial charge is 0.481 e. The second-order valence-corrected chi connectivity index (χ2v) is 14.2. The van der Waals surface area contributed by atoms with Crippen molar-refractivity contribution in [1.29, 1.82) is 0 Å². The van der Waals surface area contributed by atoms with Gasteiger partial charge in [-0.3, -0.25) is 19.3 Å². The zero-order chi connectivity index (χ0) is 32.4. The highest BCUT2D eigenvalue weighted by Crippen LogP contribution is 2.33. The first-order valence-electron chi connectivity index (χ1n) is 16.2. The number of halogens is 2. The first-order valence-corrected chi connectivity index (χ1v) is 17.4. The summed E-state index contributed by atoms with van der Waals surface area (Å²) in [5.41, 5.74) is 1.76. The Bertz CT molecular complexity index is 1490. The van der Waals surface area contributed by atoms with E-state index in [1.54, 1.807) is 18.4 Å². The summed E-state index contributed by atoms with van der Waals surface area (Å²) in [5, 5.41) is 14.1. The average Bonchev–Trinajstić information content (AvgIpc) is 3.81. The van der Waals surface area contributed by atoms with Crippen LogP contribution in [-0.4, -0.2) is 90.3 Å². The van der Waals surface area contributed by atoms with Crippen molar-refractivity contribution in [2.24, 2.45) is 5.92 Å². The van der Waals surface area contributed by atoms with Crippen LogP contribution in [0.25, 0.3) is 6.08 Å². The molecule has 9 nitrogen and oxygen atoms in total. The number of aryl methyl sites for hydroxylation is 1. The van der Waals surface area contributed by atoms with E-state index in [9.17, 15) is 19.5 Å². The Morgan fingerprint density at radius 2 is 1.93 bits per heavy atom. The lowest BCUT2D eigenvalue weighted by atomic mass is 9.87. The van der Waals surface area contributed by atoms with Gasteiger partial charge in [-0.05, 0) is 69.1 Å². The molecule has 2 saturated heterocycles. The summed E-state index contributed by atoms with van der Waals surface area (Å²) in [6.45, 7) is 2.55. The lowest BCUT2D eigenvalue weighted by Gasteiger charge is -2.30. The maximum absolute atomic E-state index is 15.4. The summed E-state index contributed by atoms with van der Waals surface area (Å²) in [7, 11) is 1.72. The van der Waals surface area contributed by atoms with Gasteiger partial charge < -0.3 is 24.8 Å². The van der Waals surface area contributed by atoms with Gasteiger partial charge in [0.1, 0.15) is 5.82 Å². The molecule has 0 bridgehead atoms. The number of methoxy groups -OCH3 is 1. The zero-order valence-electron chi connectivity index (χ0n) is 26.0. The van der Waals surface area contributed by atoms with Crippen molar-refractivity contribution in [3.8, 4) is 0 Å². The molecule has 1 aromatic carbocycles. The van der Waals surface area contributed by atoms with Gasteiger partial charge in [-0.15, -0.1) is 11.3 Å². The van der Waals surface area contributed by atoms with E-state index < -0.39 is 11.8 Å². The number of rotatable bonds is 10. The zero-order valence-corrected chi connectivity index (χ0v) is 27.6. The molecule has 4 aliphatic rings. The number of aliphatic carboxylic acids is 1. The van der Waals surface area contributed by atoms with Crippen molar-refractivity contribution < 1.29 is 33.4 Å². The topological polar surface area (TPSA) is 108 Å². The minimum atomic E-state index is -0.755. The van der Waals surface area contributed by atoms with Crippen LogP contribution in [0.5, 0.6) is 0 Å². The van der Waals surface area contributed by atoms with Crippen LogP contribution >= 0.6 is 22.9 Å². The number of carboxylic acids is 1. The van der Waals surface area contributed by atoms with E-state index >= 15 is 4.39 Å². The Balaban J connectivity index is 1.12. The second kappa shape index (κ2) is 14.5. The molecule has 0 spiro atoms. The normalized spacial score (nSPS) is 26.3. The van der Waals surface area contributed by atoms with E-state index in [0.29, 0.717) is 44.4 Å². The molecule has 0 radical (unpaired) electrons. The highest BCUT2D eigenvalue weighted by Gasteiger charge is 2.41. The molecule has 2 amide bonds. The number of thiophene rings is 1. The number of anilines is 1. The van der Waals surface area contributed by atoms with Gasteiger partial charge in [-0.25, -0.2) is 4.39 Å². The number of hydrogen-bond donors (Lipinski definition) is 2. The average molecular weight is 674 g/mol. The molecule has 3 fully saturated rings. The van der Waals surface area contributed by atoms with E-state index in [-0.39, 0.29) is 64.7 Å². The molecule has 12 heteroatoms. The van der Waals surface area contributed by atoms with Gasteiger partial charge in [0.25, 0.3) is 5.91 Å². The third-order valence-corrected chi connectivity index (χ3v) is 11.4. The maximum Gasteiger partial charge on any atom is 0.306 e. The quantitative estimate of drug-likeness (QED) is 0.336. The molecule has 2 aliphatic carbocycles. The third-order valence-electron chi connectivity index (χ3n) is 9.99. The summed E-state index contributed by atoms with van der Waals surface area (Å²) in [4.78, 5) is 43.5. The summed E-state index contributed by atoms with van der Waals surface area (Å²) >= 11 is 8.07. The van der Waals surface area contributed by atoms with Crippen LogP contribution in [0.2, 0.25) is 5.02 Å². The van der Waals surface area contributed by atoms with Crippen molar-refractivity contribution in [2.75, 3.05) is 38.7 Å². The van der Waals surface area contributed by atoms with Gasteiger partial charge in [0, 0.05) is 48.6 Å². The van der Waals surface area contributed by atoms with E-state index in [1.807, 2.05) is 22.4 Å². The number of nitrogens with zero attached hydrogens (tertiary/aromatic N) is 2. The summed E-state index contributed by atoms with van der Waals surface area (Å²) in [6.07, 6.45) is 10.0. The lowest BCUT2D eigenvalue weighted by molar-refractivity contribution is -0.144. The van der Waals surface area contributed by atoms with E-state index in [1.165, 1.54) is 12.1 Å². The van der Waals surface area contributed by atoms with Crippen LogP contribution in [0.15, 0.2) is 23.6 Å². The summed E-state index contributed by atoms with van der Waals surface area (Å²) in [5.74, 6) is -2.25. The first kappa shape index (κ1) is 33.1. The predicted octanol–water partition coefficient (Wildman–Crippen LogP) is 5.65. The number of carboxylic acid groups (broad SMARTS) is 1. The molecule has 248 valence electrons. The van der Waals surface area contributed by atoms with Crippen molar-refractivity contribution in [3.05, 3.63) is 56.0 Å². The Labute approximate surface area is 277 Å². The van der Waals surface area contributed by atoms with Crippen LogP contribution in [0.4, 0.5) is 10.1 Å². The number of allylic oxidation sites excluding steroid dienone is 1. The molecular weight excluding hydrogens is 633 g/mol. The Morgan fingerprint density at radius 1 is 1.13 bits per heavy atom. The minimum absolute atomic E-state index is 0.0362. The van der Waals surface area contributed by atoms with Crippen LogP contribution < -0.4 is 5.32 Å². The number of hydrogen-bond acceptors (Lipinski definition) is 7. The smallest absolute Gasteiger partial charge is 0.306 e. The van der Waals surface area contributed by atoms with Gasteiger partial charge in [0.2, 0.25) is 5.91 Å². The van der Waals surface area contributed by atoms with E-state index in [2.05, 4.69) is 10.2 Å². The molecule has 3 heterocycles. The van der Waals surface area contributed by atoms with Gasteiger partial charge >= 0.3 is 5.97 Å². The Morgan fingerprint density at radius 3 is 2.67 bits per heavy atom. The number of fused-ring (bicyclic) bond motifs is 1. The fourth-order valence-corrected chi connectivity index (χ4v) is 8.54. The fourth-order valence-electron chi connectivity index (χ4n) is 7.27. The van der Waals surface area contributed by atoms with E-state index in [0.717, 1.165) is 49.2 Å². The molecular formula is C34H41ClFN3O6S. The first-order chi connectivity index (χ1) is 22.2. The van der Waals surface area contributed by atoms with Crippen molar-refractivity contribution in [2.45, 2.75) is 82.1 Å². The Kier molecular flexibility index (Phi) is 10.4. The van der Waals surface area contributed by atoms with Gasteiger partial charge in [-0.2, -0.15) is 0 Å². The number of carbonyl (C=O) groups excluding carboxylic acids is 2. The lowest BCUT2D eigenvalue weighted by Crippen LogP contribution is -2.41. The molecule has 46 heavy (non-hydrogen) atoms. The van der Waals surface area contributed by atoms with Crippen LogP contribution in [0, 0.1) is 11.7 Å². The van der Waals surface area contributed by atoms with Crippen LogP contribution in [-0.2, 0) is 31.9 Å². The number of ether oxygens (including phenoxy) is 2. The number of benzene rings is 1. The monoisotopic (exact) mass is 673 g/mol. The minimum Gasteiger partial charge on any atom is -0.481 e. The SMILES string of the molecule is CO[C@@H]1CCN([C@H]2C[C@@H](COC3CCC(C(=O)O)CC3)N(C(=O)Cc3cc(Cl)c(NC(=O)c4csc5c4C=CCC5)cc3F)C2)C1. The van der Waals surface area contributed by atoms with Gasteiger partial charge in [0.05, 0.1) is 53.5 Å². The summed E-state index contributed by atoms with van der Waals surface area (Å²) < 4.78 is 27.3. The number of carbonyl (C=O) groups is 3. The molecule has 2 aromatic rings. The van der Waals surface area contributed by atoms with Crippen LogP contribution in [0.1, 0.15) is 71.3 Å². The Hall–Kier alpha value is -2.83. The molecule has 3 atom stereocenters. The van der Waals surface area contributed by atoms with Crippen LogP contribution in [0.3, 0.4) is 0 Å². The maximum atomic E-state index is 15.4. The predicted molar refractivity (Wildman–Crippen MR) is 175 cm³/mol. The van der Waals surface area contributed by atoms with Crippen molar-refractivity contribution in [1.82, 2.24) is 9.80 Å². The molecule has 1 aromatic heterocycles. The molecule has 2 N–H and O–H groups in total. The van der Waals surface area contributed by atoms with Crippen molar-refractivity contribution in [3.63, 3.8) is 0 Å². The second-order valence-electron chi connectivity index (χ2n) is 12.9. The molecule has 2 aliphatic heterocycles. The molecule has 6 rings (SSSR count). The highest BCUT2D eigenvalue weighted by molar-refractivity contribution is 7.10. The third kappa shape index (κ3) is 7.33.